The van der Waals surface area contributed by atoms with Gasteiger partial charge in [-0.05, 0) is 30.3 Å². The third-order valence-corrected chi connectivity index (χ3v) is 3.32. The first kappa shape index (κ1) is 17.8. The Morgan fingerprint density at radius 2 is 2.04 bits per heavy atom. The first-order valence-electron chi connectivity index (χ1n) is 6.80. The van der Waals surface area contributed by atoms with Crippen LogP contribution in [0.2, 0.25) is 5.02 Å². The maximum Gasteiger partial charge on any atom is 0.416 e. The number of carbonyl (C=O) groups excluding carboxylic acids is 1. The van der Waals surface area contributed by atoms with Crippen molar-refractivity contribution in [2.45, 2.75) is 6.18 Å². The molecule has 0 unspecified atom stereocenters. The smallest absolute Gasteiger partial charge is 0.380 e. The fraction of sp³-hybridized carbons (Fsp3) is 0.125. The van der Waals surface area contributed by atoms with Crippen molar-refractivity contribution in [3.63, 3.8) is 0 Å². The van der Waals surface area contributed by atoms with E-state index in [9.17, 15) is 18.0 Å². The molecule has 0 fully saturated rings. The first-order valence-corrected chi connectivity index (χ1v) is 7.18. The Kier molecular flexibility index (Phi) is 5.46. The van der Waals surface area contributed by atoms with Crippen LogP contribution in [0.4, 0.5) is 24.5 Å². The minimum absolute atomic E-state index is 0.000574. The van der Waals surface area contributed by atoms with E-state index in [4.69, 9.17) is 11.6 Å². The average Bonchev–Trinajstić information content (AvgIpc) is 2.54. The van der Waals surface area contributed by atoms with Crippen LogP contribution in [0.5, 0.6) is 0 Å². The van der Waals surface area contributed by atoms with Crippen LogP contribution < -0.4 is 10.6 Å². The molecule has 2 aromatic rings. The summed E-state index contributed by atoms with van der Waals surface area (Å²) in [5.41, 5.74) is -0.303. The van der Waals surface area contributed by atoms with Crippen molar-refractivity contribution in [1.29, 1.82) is 0 Å². The number of pyridine rings is 1. The Hall–Kier alpha value is -2.54. The van der Waals surface area contributed by atoms with Crippen molar-refractivity contribution < 1.29 is 18.0 Å². The van der Waals surface area contributed by atoms with Crippen molar-refractivity contribution in [2.75, 3.05) is 17.2 Å². The molecule has 0 radical (unpaired) electrons. The van der Waals surface area contributed by atoms with Crippen molar-refractivity contribution in [3.05, 3.63) is 65.5 Å². The van der Waals surface area contributed by atoms with E-state index in [-0.39, 0.29) is 16.4 Å². The molecule has 24 heavy (non-hydrogen) atoms. The lowest BCUT2D eigenvalue weighted by atomic mass is 10.2. The molecule has 1 aromatic carbocycles. The molecule has 2 N–H and O–H groups in total. The van der Waals surface area contributed by atoms with Gasteiger partial charge in [-0.15, -0.1) is 6.58 Å². The number of rotatable bonds is 5. The van der Waals surface area contributed by atoms with Gasteiger partial charge in [0.1, 0.15) is 5.69 Å². The molecule has 0 saturated carbocycles. The number of amides is 1. The lowest BCUT2D eigenvalue weighted by Gasteiger charge is -2.11. The van der Waals surface area contributed by atoms with Crippen LogP contribution in [0, 0.1) is 0 Å². The van der Waals surface area contributed by atoms with Gasteiger partial charge in [0.05, 0.1) is 28.2 Å². The number of halogens is 4. The lowest BCUT2D eigenvalue weighted by molar-refractivity contribution is -0.137. The van der Waals surface area contributed by atoms with Crippen LogP contribution in [0.15, 0.2) is 49.2 Å². The number of nitrogens with one attached hydrogen (secondary N) is 2. The third kappa shape index (κ3) is 4.48. The normalized spacial score (nSPS) is 11.0. The van der Waals surface area contributed by atoms with Gasteiger partial charge >= 0.3 is 6.18 Å². The summed E-state index contributed by atoms with van der Waals surface area (Å²) in [4.78, 5) is 16.1. The molecule has 2 rings (SSSR count). The number of benzene rings is 1. The van der Waals surface area contributed by atoms with Crippen LogP contribution >= 0.6 is 11.6 Å². The zero-order valence-corrected chi connectivity index (χ0v) is 13.1. The molecule has 1 heterocycles. The number of anilines is 2. The van der Waals surface area contributed by atoms with Gasteiger partial charge in [-0.25, -0.2) is 4.98 Å². The zero-order chi connectivity index (χ0) is 17.7. The monoisotopic (exact) mass is 355 g/mol. The molecule has 0 spiro atoms. The van der Waals surface area contributed by atoms with E-state index in [1.54, 1.807) is 12.1 Å². The molecule has 126 valence electrons. The van der Waals surface area contributed by atoms with Gasteiger partial charge < -0.3 is 10.6 Å². The minimum Gasteiger partial charge on any atom is -0.380 e. The fourth-order valence-electron chi connectivity index (χ4n) is 1.81. The predicted molar refractivity (Wildman–Crippen MR) is 87.3 cm³/mol. The van der Waals surface area contributed by atoms with Crippen LogP contribution in [0.1, 0.15) is 16.1 Å². The highest BCUT2D eigenvalue weighted by molar-refractivity contribution is 6.33. The van der Waals surface area contributed by atoms with Gasteiger partial charge in [-0.1, -0.05) is 17.7 Å². The molecule has 0 aliphatic carbocycles. The molecule has 0 atom stereocenters. The van der Waals surface area contributed by atoms with E-state index in [1.807, 2.05) is 0 Å². The van der Waals surface area contributed by atoms with Gasteiger partial charge in [0.2, 0.25) is 0 Å². The lowest BCUT2D eigenvalue weighted by Crippen LogP contribution is -2.15. The van der Waals surface area contributed by atoms with E-state index in [0.29, 0.717) is 12.2 Å². The van der Waals surface area contributed by atoms with E-state index < -0.39 is 17.6 Å². The summed E-state index contributed by atoms with van der Waals surface area (Å²) in [7, 11) is 0. The number of carbonyl (C=O) groups is 1. The Bertz CT molecular complexity index is 745. The van der Waals surface area contributed by atoms with E-state index in [0.717, 1.165) is 18.2 Å². The highest BCUT2D eigenvalue weighted by atomic mass is 35.5. The molecule has 0 saturated heterocycles. The Morgan fingerprint density at radius 3 is 2.62 bits per heavy atom. The summed E-state index contributed by atoms with van der Waals surface area (Å²) in [5, 5.41) is 5.32. The van der Waals surface area contributed by atoms with Crippen molar-refractivity contribution in [1.82, 2.24) is 4.98 Å². The third-order valence-electron chi connectivity index (χ3n) is 2.99. The quantitative estimate of drug-likeness (QED) is 0.770. The van der Waals surface area contributed by atoms with E-state index in [1.165, 1.54) is 12.3 Å². The van der Waals surface area contributed by atoms with Gasteiger partial charge in [-0.3, -0.25) is 4.79 Å². The molecular formula is C16H13ClF3N3O. The highest BCUT2D eigenvalue weighted by Gasteiger charge is 2.31. The maximum absolute atomic E-state index is 12.7. The fourth-order valence-corrected chi connectivity index (χ4v) is 1.97. The van der Waals surface area contributed by atoms with E-state index in [2.05, 4.69) is 22.2 Å². The largest absolute Gasteiger partial charge is 0.416 e. The Balaban J connectivity index is 2.16. The SMILES string of the molecule is C=CCNc1ccc(C(=O)Nc2cc(C(F)(F)F)ccc2Cl)nc1. The maximum atomic E-state index is 12.7. The number of nitrogens with zero attached hydrogens (tertiary/aromatic N) is 1. The molecule has 0 bridgehead atoms. The summed E-state index contributed by atoms with van der Waals surface area (Å²) in [6.07, 6.45) is -1.43. The average molecular weight is 356 g/mol. The highest BCUT2D eigenvalue weighted by Crippen LogP contribution is 2.33. The van der Waals surface area contributed by atoms with Gasteiger partial charge in [-0.2, -0.15) is 13.2 Å². The molecule has 4 nitrogen and oxygen atoms in total. The number of hydrogen-bond donors (Lipinski definition) is 2. The molecular weight excluding hydrogens is 343 g/mol. The van der Waals surface area contributed by atoms with Gasteiger partial charge in [0.15, 0.2) is 0 Å². The van der Waals surface area contributed by atoms with Crippen LogP contribution in [-0.4, -0.2) is 17.4 Å². The topological polar surface area (TPSA) is 54.0 Å². The van der Waals surface area contributed by atoms with E-state index >= 15 is 0 Å². The second-order valence-corrected chi connectivity index (χ2v) is 5.16. The summed E-state index contributed by atoms with van der Waals surface area (Å²) in [5.74, 6) is -0.661. The van der Waals surface area contributed by atoms with Gasteiger partial charge in [0, 0.05) is 6.54 Å². The van der Waals surface area contributed by atoms with Gasteiger partial charge in [0.25, 0.3) is 5.91 Å². The number of hydrogen-bond acceptors (Lipinski definition) is 3. The first-order chi connectivity index (χ1) is 11.3. The number of alkyl halides is 3. The molecule has 1 aromatic heterocycles. The minimum atomic E-state index is -4.53. The molecule has 0 aliphatic heterocycles. The molecule has 8 heteroatoms. The second kappa shape index (κ2) is 7.35. The Labute approximate surface area is 141 Å². The standard InChI is InChI=1S/C16H13ClF3N3O/c1-2-7-21-11-4-6-13(22-9-11)15(24)23-14-8-10(16(18,19)20)3-5-12(14)17/h2-6,8-9,21H,1,7H2,(H,23,24). The summed E-state index contributed by atoms with van der Waals surface area (Å²) < 4.78 is 38.2. The van der Waals surface area contributed by atoms with Crippen LogP contribution in [0.3, 0.4) is 0 Å². The van der Waals surface area contributed by atoms with Crippen LogP contribution in [0.25, 0.3) is 0 Å². The molecule has 1 amide bonds. The van der Waals surface area contributed by atoms with Crippen molar-refractivity contribution in [2.24, 2.45) is 0 Å². The molecule has 0 aliphatic rings. The second-order valence-electron chi connectivity index (χ2n) is 4.75. The number of aromatic nitrogens is 1. The summed E-state index contributed by atoms with van der Waals surface area (Å²) >= 11 is 5.84. The van der Waals surface area contributed by atoms with Crippen molar-refractivity contribution >= 4 is 28.9 Å². The zero-order valence-electron chi connectivity index (χ0n) is 12.3. The predicted octanol–water partition coefficient (Wildman–Crippen LogP) is 4.60. The summed E-state index contributed by atoms with van der Waals surface area (Å²) in [6, 6.07) is 5.77. The summed E-state index contributed by atoms with van der Waals surface area (Å²) in [6.45, 7) is 4.10. The Morgan fingerprint density at radius 1 is 1.29 bits per heavy atom. The van der Waals surface area contributed by atoms with Crippen molar-refractivity contribution in [3.8, 4) is 0 Å². The van der Waals surface area contributed by atoms with Crippen LogP contribution in [-0.2, 0) is 6.18 Å².